The lowest BCUT2D eigenvalue weighted by Crippen LogP contribution is -1.99. The quantitative estimate of drug-likeness (QED) is 0.709. The van der Waals surface area contributed by atoms with Crippen molar-refractivity contribution in [1.29, 1.82) is 0 Å². The Bertz CT molecular complexity index is 724. The molecule has 1 aromatic heterocycles. The minimum Gasteiger partial charge on any atom is -0.484 e. The Labute approximate surface area is 109 Å². The number of nitrogens with two attached hydrogens (primary N) is 1. The standard InChI is InChI=1S/C14H12FN3O/c15-9-5-6-11-12(7-9)18-14(17-11)8-19-13-4-2-1-3-10(13)16/h1-7H,8,16H2,(H,17,18). The number of ether oxygens (including phenoxy) is 1. The topological polar surface area (TPSA) is 63.9 Å². The van der Waals surface area contributed by atoms with Crippen LogP contribution in [0.1, 0.15) is 5.82 Å². The molecule has 4 nitrogen and oxygen atoms in total. The molecule has 3 aromatic rings. The molecule has 0 aliphatic rings. The van der Waals surface area contributed by atoms with E-state index in [1.54, 1.807) is 18.2 Å². The van der Waals surface area contributed by atoms with Crippen LogP contribution in [0.4, 0.5) is 10.1 Å². The third-order valence-electron chi connectivity index (χ3n) is 2.78. The summed E-state index contributed by atoms with van der Waals surface area (Å²) in [5.74, 6) is 0.939. The zero-order valence-electron chi connectivity index (χ0n) is 10.1. The molecule has 0 aliphatic heterocycles. The molecule has 19 heavy (non-hydrogen) atoms. The number of hydrogen-bond acceptors (Lipinski definition) is 3. The lowest BCUT2D eigenvalue weighted by atomic mass is 10.3. The normalized spacial score (nSPS) is 10.8. The maximum Gasteiger partial charge on any atom is 0.146 e. The largest absolute Gasteiger partial charge is 0.484 e. The van der Waals surface area contributed by atoms with Crippen molar-refractivity contribution in [2.45, 2.75) is 6.61 Å². The molecule has 0 spiro atoms. The number of benzene rings is 2. The molecule has 3 N–H and O–H groups in total. The van der Waals surface area contributed by atoms with E-state index in [1.165, 1.54) is 12.1 Å². The molecule has 0 saturated carbocycles. The van der Waals surface area contributed by atoms with Crippen molar-refractivity contribution < 1.29 is 9.13 Å². The number of fused-ring (bicyclic) bond motifs is 1. The van der Waals surface area contributed by atoms with Crippen LogP contribution in [-0.2, 0) is 6.61 Å². The van der Waals surface area contributed by atoms with Gasteiger partial charge in [-0.1, -0.05) is 12.1 Å². The second-order valence-corrected chi connectivity index (χ2v) is 4.17. The fraction of sp³-hybridized carbons (Fsp3) is 0.0714. The van der Waals surface area contributed by atoms with Crippen molar-refractivity contribution in [3.63, 3.8) is 0 Å². The maximum atomic E-state index is 13.1. The summed E-state index contributed by atoms with van der Waals surface area (Å²) in [4.78, 5) is 7.32. The van der Waals surface area contributed by atoms with Crippen molar-refractivity contribution in [3.8, 4) is 5.75 Å². The van der Waals surface area contributed by atoms with E-state index in [4.69, 9.17) is 10.5 Å². The highest BCUT2D eigenvalue weighted by Gasteiger charge is 2.05. The van der Waals surface area contributed by atoms with Gasteiger partial charge in [-0.3, -0.25) is 0 Å². The van der Waals surface area contributed by atoms with Crippen LogP contribution < -0.4 is 10.5 Å². The number of rotatable bonds is 3. The van der Waals surface area contributed by atoms with Gasteiger partial charge in [-0.15, -0.1) is 0 Å². The Morgan fingerprint density at radius 2 is 2.05 bits per heavy atom. The minimum absolute atomic E-state index is 0.254. The van der Waals surface area contributed by atoms with Gasteiger partial charge in [-0.25, -0.2) is 9.37 Å². The second kappa shape index (κ2) is 4.61. The summed E-state index contributed by atoms with van der Waals surface area (Å²) in [6, 6.07) is 11.7. The number of halogens is 1. The number of aromatic nitrogens is 2. The molecule has 0 saturated heterocycles. The summed E-state index contributed by atoms with van der Waals surface area (Å²) in [6.07, 6.45) is 0. The highest BCUT2D eigenvalue weighted by Crippen LogP contribution is 2.21. The minimum atomic E-state index is -0.295. The fourth-order valence-electron chi connectivity index (χ4n) is 1.86. The van der Waals surface area contributed by atoms with E-state index in [1.807, 2.05) is 12.1 Å². The van der Waals surface area contributed by atoms with Gasteiger partial charge in [0, 0.05) is 0 Å². The Morgan fingerprint density at radius 3 is 2.89 bits per heavy atom. The summed E-state index contributed by atoms with van der Waals surface area (Å²) in [7, 11) is 0. The average Bonchev–Trinajstić information content (AvgIpc) is 2.79. The number of H-pyrrole nitrogens is 1. The van der Waals surface area contributed by atoms with Crippen molar-refractivity contribution in [1.82, 2.24) is 9.97 Å². The summed E-state index contributed by atoms with van der Waals surface area (Å²) in [6.45, 7) is 0.254. The molecule has 96 valence electrons. The van der Waals surface area contributed by atoms with Crippen LogP contribution in [0.3, 0.4) is 0 Å². The summed E-state index contributed by atoms with van der Waals surface area (Å²) >= 11 is 0. The zero-order valence-corrected chi connectivity index (χ0v) is 10.1. The predicted octanol–water partition coefficient (Wildman–Crippen LogP) is 2.86. The van der Waals surface area contributed by atoms with Crippen LogP contribution in [0.5, 0.6) is 5.75 Å². The Kier molecular flexibility index (Phi) is 2.79. The lowest BCUT2D eigenvalue weighted by Gasteiger charge is -2.06. The maximum absolute atomic E-state index is 13.1. The Morgan fingerprint density at radius 1 is 1.21 bits per heavy atom. The number of nitrogen functional groups attached to an aromatic ring is 1. The van der Waals surface area contributed by atoms with Crippen LogP contribution in [-0.4, -0.2) is 9.97 Å². The first-order chi connectivity index (χ1) is 9.22. The van der Waals surface area contributed by atoms with Crippen molar-refractivity contribution in [3.05, 3.63) is 54.1 Å². The van der Waals surface area contributed by atoms with Gasteiger partial charge in [0.2, 0.25) is 0 Å². The molecular weight excluding hydrogens is 245 g/mol. The van der Waals surface area contributed by atoms with Crippen LogP contribution in [0.15, 0.2) is 42.5 Å². The zero-order chi connectivity index (χ0) is 13.2. The molecule has 0 radical (unpaired) electrons. The molecule has 2 aromatic carbocycles. The van der Waals surface area contributed by atoms with Gasteiger partial charge in [0.1, 0.15) is 24.0 Å². The van der Waals surface area contributed by atoms with E-state index in [-0.39, 0.29) is 12.4 Å². The number of nitrogens with one attached hydrogen (secondary N) is 1. The lowest BCUT2D eigenvalue weighted by molar-refractivity contribution is 0.299. The summed E-state index contributed by atoms with van der Waals surface area (Å²) in [5.41, 5.74) is 7.71. The second-order valence-electron chi connectivity index (χ2n) is 4.17. The van der Waals surface area contributed by atoms with E-state index in [0.717, 1.165) is 0 Å². The highest BCUT2D eigenvalue weighted by molar-refractivity contribution is 5.74. The van der Waals surface area contributed by atoms with Gasteiger partial charge in [0.05, 0.1) is 16.7 Å². The summed E-state index contributed by atoms with van der Waals surface area (Å²) in [5, 5.41) is 0. The number of nitrogens with zero attached hydrogens (tertiary/aromatic N) is 1. The van der Waals surface area contributed by atoms with Crippen LogP contribution in [0, 0.1) is 5.82 Å². The molecule has 1 heterocycles. The smallest absolute Gasteiger partial charge is 0.146 e. The van der Waals surface area contributed by atoms with E-state index >= 15 is 0 Å². The van der Waals surface area contributed by atoms with Crippen molar-refractivity contribution in [2.24, 2.45) is 0 Å². The van der Waals surface area contributed by atoms with Crippen LogP contribution >= 0.6 is 0 Å². The number of imidazole rings is 1. The monoisotopic (exact) mass is 257 g/mol. The molecular formula is C14H12FN3O. The number of para-hydroxylation sites is 2. The fourth-order valence-corrected chi connectivity index (χ4v) is 1.86. The van der Waals surface area contributed by atoms with Gasteiger partial charge in [0.25, 0.3) is 0 Å². The number of anilines is 1. The molecule has 0 fully saturated rings. The first-order valence-electron chi connectivity index (χ1n) is 5.84. The van der Waals surface area contributed by atoms with Crippen molar-refractivity contribution in [2.75, 3.05) is 5.73 Å². The third-order valence-corrected chi connectivity index (χ3v) is 2.78. The van der Waals surface area contributed by atoms with E-state index in [9.17, 15) is 4.39 Å². The average molecular weight is 257 g/mol. The molecule has 0 amide bonds. The highest BCUT2D eigenvalue weighted by atomic mass is 19.1. The molecule has 0 atom stereocenters. The summed E-state index contributed by atoms with van der Waals surface area (Å²) < 4.78 is 18.6. The molecule has 0 unspecified atom stereocenters. The third kappa shape index (κ3) is 2.35. The van der Waals surface area contributed by atoms with Gasteiger partial charge in [-0.2, -0.15) is 0 Å². The van der Waals surface area contributed by atoms with Gasteiger partial charge in [0.15, 0.2) is 0 Å². The van der Waals surface area contributed by atoms with E-state index in [2.05, 4.69) is 9.97 Å². The van der Waals surface area contributed by atoms with Crippen LogP contribution in [0.25, 0.3) is 11.0 Å². The number of hydrogen-bond donors (Lipinski definition) is 2. The van der Waals surface area contributed by atoms with Gasteiger partial charge >= 0.3 is 0 Å². The molecule has 3 rings (SSSR count). The number of aromatic amines is 1. The van der Waals surface area contributed by atoms with Crippen molar-refractivity contribution >= 4 is 16.7 Å². The first-order valence-corrected chi connectivity index (χ1v) is 5.84. The molecule has 0 aliphatic carbocycles. The predicted molar refractivity (Wildman–Crippen MR) is 71.2 cm³/mol. The molecule has 5 heteroatoms. The molecule has 0 bridgehead atoms. The first kappa shape index (κ1) is 11.5. The van der Waals surface area contributed by atoms with Gasteiger partial charge in [-0.05, 0) is 30.3 Å². The Balaban J connectivity index is 1.80. The van der Waals surface area contributed by atoms with E-state index < -0.39 is 0 Å². The van der Waals surface area contributed by atoms with Crippen LogP contribution in [0.2, 0.25) is 0 Å². The van der Waals surface area contributed by atoms with Gasteiger partial charge < -0.3 is 15.5 Å². The van der Waals surface area contributed by atoms with E-state index in [0.29, 0.717) is 28.3 Å². The SMILES string of the molecule is Nc1ccccc1OCc1nc2ccc(F)cc2[nH]1. The Hall–Kier alpha value is -2.56.